The van der Waals surface area contributed by atoms with Crippen LogP contribution in [-0.2, 0) is 4.74 Å². The molecule has 0 bridgehead atoms. The van der Waals surface area contributed by atoms with Crippen LogP contribution < -0.4 is 10.1 Å². The van der Waals surface area contributed by atoms with Gasteiger partial charge in [-0.2, -0.15) is 8.78 Å². The van der Waals surface area contributed by atoms with Gasteiger partial charge in [0, 0.05) is 36.9 Å². The minimum Gasteiger partial charge on any atom is -0.434 e. The zero-order valence-electron chi connectivity index (χ0n) is 13.4. The van der Waals surface area contributed by atoms with Gasteiger partial charge in [-0.05, 0) is 32.4 Å². The van der Waals surface area contributed by atoms with Gasteiger partial charge in [0.15, 0.2) is 0 Å². The Balaban J connectivity index is 2.03. The van der Waals surface area contributed by atoms with Crippen LogP contribution in [0.15, 0.2) is 18.2 Å². The standard InChI is InChI=1S/C16H22F2N2O3/c1-3-20(9-12-7-8-22-10-12)16(21)19-13-5-4-6-14(11(13)2)23-15(17)18/h4-6,12,15H,3,7-10H2,1-2H3,(H,19,21). The summed E-state index contributed by atoms with van der Waals surface area (Å²) in [4.78, 5) is 14.1. The summed E-state index contributed by atoms with van der Waals surface area (Å²) in [5.74, 6) is 0.403. The van der Waals surface area contributed by atoms with E-state index in [1.54, 1.807) is 24.0 Å². The zero-order valence-corrected chi connectivity index (χ0v) is 13.4. The third kappa shape index (κ3) is 4.79. The summed E-state index contributed by atoms with van der Waals surface area (Å²) >= 11 is 0. The van der Waals surface area contributed by atoms with Crippen molar-refractivity contribution in [2.45, 2.75) is 26.9 Å². The van der Waals surface area contributed by atoms with Gasteiger partial charge in [0.2, 0.25) is 0 Å². The first-order valence-electron chi connectivity index (χ1n) is 7.69. The highest BCUT2D eigenvalue weighted by Gasteiger charge is 2.22. The quantitative estimate of drug-likeness (QED) is 0.870. The fourth-order valence-corrected chi connectivity index (χ4v) is 2.56. The summed E-state index contributed by atoms with van der Waals surface area (Å²) in [6.45, 7) is 3.22. The summed E-state index contributed by atoms with van der Waals surface area (Å²) in [5, 5.41) is 2.77. The summed E-state index contributed by atoms with van der Waals surface area (Å²) in [6.07, 6.45) is 0.945. The number of halogens is 2. The van der Waals surface area contributed by atoms with Gasteiger partial charge < -0.3 is 19.7 Å². The first-order chi connectivity index (χ1) is 11.0. The maximum absolute atomic E-state index is 12.4. The maximum atomic E-state index is 12.4. The summed E-state index contributed by atoms with van der Waals surface area (Å²) in [7, 11) is 0. The highest BCUT2D eigenvalue weighted by atomic mass is 19.3. The number of hydrogen-bond donors (Lipinski definition) is 1. The predicted molar refractivity (Wildman–Crippen MR) is 83.0 cm³/mol. The van der Waals surface area contributed by atoms with E-state index >= 15 is 0 Å². The summed E-state index contributed by atoms with van der Waals surface area (Å²) in [6, 6.07) is 4.43. The molecule has 1 unspecified atom stereocenters. The van der Waals surface area contributed by atoms with Crippen LogP contribution in [0.5, 0.6) is 5.75 Å². The fourth-order valence-electron chi connectivity index (χ4n) is 2.56. The molecule has 2 rings (SSSR count). The minimum absolute atomic E-state index is 0.0602. The monoisotopic (exact) mass is 328 g/mol. The van der Waals surface area contributed by atoms with Gasteiger partial charge in [-0.1, -0.05) is 6.07 Å². The number of benzene rings is 1. The van der Waals surface area contributed by atoms with Crippen molar-refractivity contribution in [1.29, 1.82) is 0 Å². The highest BCUT2D eigenvalue weighted by Crippen LogP contribution is 2.27. The van der Waals surface area contributed by atoms with Crippen LogP contribution in [0.1, 0.15) is 18.9 Å². The van der Waals surface area contributed by atoms with Crippen molar-refractivity contribution in [1.82, 2.24) is 4.90 Å². The van der Waals surface area contributed by atoms with Crippen LogP contribution >= 0.6 is 0 Å². The van der Waals surface area contributed by atoms with Crippen LogP contribution in [0, 0.1) is 12.8 Å². The molecule has 2 amide bonds. The molecule has 1 saturated heterocycles. The number of carbonyl (C=O) groups excluding carboxylic acids is 1. The van der Waals surface area contributed by atoms with Gasteiger partial charge >= 0.3 is 12.6 Å². The molecule has 1 N–H and O–H groups in total. The molecule has 1 aliphatic heterocycles. The molecule has 0 aliphatic carbocycles. The number of hydrogen-bond acceptors (Lipinski definition) is 3. The molecular formula is C16H22F2N2O3. The van der Waals surface area contributed by atoms with Crippen LogP contribution in [0.25, 0.3) is 0 Å². The lowest BCUT2D eigenvalue weighted by atomic mass is 10.1. The lowest BCUT2D eigenvalue weighted by Crippen LogP contribution is -2.38. The number of nitrogens with one attached hydrogen (secondary N) is 1. The molecule has 5 nitrogen and oxygen atoms in total. The maximum Gasteiger partial charge on any atom is 0.387 e. The average Bonchev–Trinajstić information content (AvgIpc) is 3.01. The van der Waals surface area contributed by atoms with Crippen molar-refractivity contribution in [2.75, 3.05) is 31.6 Å². The SMILES string of the molecule is CCN(CC1CCOC1)C(=O)Nc1cccc(OC(F)F)c1C. The van der Waals surface area contributed by atoms with E-state index < -0.39 is 6.61 Å². The van der Waals surface area contributed by atoms with Crippen molar-refractivity contribution in [3.63, 3.8) is 0 Å². The second-order valence-electron chi connectivity index (χ2n) is 5.51. The molecule has 1 aromatic rings. The Morgan fingerprint density at radius 3 is 2.91 bits per heavy atom. The Labute approximate surface area is 134 Å². The van der Waals surface area contributed by atoms with Gasteiger partial charge in [0.25, 0.3) is 0 Å². The smallest absolute Gasteiger partial charge is 0.387 e. The van der Waals surface area contributed by atoms with E-state index in [-0.39, 0.29) is 11.8 Å². The van der Waals surface area contributed by atoms with Gasteiger partial charge in [-0.25, -0.2) is 4.79 Å². The molecule has 1 fully saturated rings. The van der Waals surface area contributed by atoms with Crippen molar-refractivity contribution in [3.8, 4) is 5.75 Å². The Kier molecular flexibility index (Phi) is 6.15. The summed E-state index contributed by atoms with van der Waals surface area (Å²) in [5.41, 5.74) is 0.940. The third-order valence-electron chi connectivity index (χ3n) is 3.91. The third-order valence-corrected chi connectivity index (χ3v) is 3.91. The van der Waals surface area contributed by atoms with Crippen LogP contribution in [0.3, 0.4) is 0 Å². The summed E-state index contributed by atoms with van der Waals surface area (Å²) < 4.78 is 34.5. The molecule has 1 aromatic carbocycles. The highest BCUT2D eigenvalue weighted by molar-refractivity contribution is 5.90. The van der Waals surface area contributed by atoms with E-state index in [1.807, 2.05) is 6.92 Å². The van der Waals surface area contributed by atoms with E-state index in [9.17, 15) is 13.6 Å². The van der Waals surface area contributed by atoms with Gasteiger partial charge in [-0.3, -0.25) is 0 Å². The number of amides is 2. The molecule has 7 heteroatoms. The number of nitrogens with zero attached hydrogens (tertiary/aromatic N) is 1. The second kappa shape index (κ2) is 8.10. The van der Waals surface area contributed by atoms with E-state index in [1.165, 1.54) is 6.07 Å². The van der Waals surface area contributed by atoms with E-state index in [2.05, 4.69) is 10.1 Å². The first-order valence-corrected chi connectivity index (χ1v) is 7.69. The normalized spacial score (nSPS) is 17.3. The zero-order chi connectivity index (χ0) is 16.8. The van der Waals surface area contributed by atoms with Crippen molar-refractivity contribution < 1.29 is 23.0 Å². The van der Waals surface area contributed by atoms with E-state index in [0.29, 0.717) is 36.9 Å². The number of ether oxygens (including phenoxy) is 2. The Bertz CT molecular complexity index is 534. The number of urea groups is 1. The second-order valence-corrected chi connectivity index (χ2v) is 5.51. The van der Waals surface area contributed by atoms with Crippen molar-refractivity contribution >= 4 is 11.7 Å². The fraction of sp³-hybridized carbons (Fsp3) is 0.562. The van der Waals surface area contributed by atoms with E-state index in [4.69, 9.17) is 4.74 Å². The van der Waals surface area contributed by atoms with Crippen LogP contribution in [0.4, 0.5) is 19.3 Å². The Morgan fingerprint density at radius 2 is 2.30 bits per heavy atom. The van der Waals surface area contributed by atoms with Crippen molar-refractivity contribution in [3.05, 3.63) is 23.8 Å². The molecule has 1 heterocycles. The lowest BCUT2D eigenvalue weighted by molar-refractivity contribution is -0.0502. The van der Waals surface area contributed by atoms with Crippen LogP contribution in [-0.4, -0.2) is 43.8 Å². The predicted octanol–water partition coefficient (Wildman–Crippen LogP) is 3.49. The Hall–Kier alpha value is -1.89. The Morgan fingerprint density at radius 1 is 1.52 bits per heavy atom. The van der Waals surface area contributed by atoms with Crippen molar-refractivity contribution in [2.24, 2.45) is 5.92 Å². The molecule has 128 valence electrons. The van der Waals surface area contributed by atoms with Gasteiger partial charge in [0.1, 0.15) is 5.75 Å². The minimum atomic E-state index is -2.89. The van der Waals surface area contributed by atoms with E-state index in [0.717, 1.165) is 13.0 Å². The lowest BCUT2D eigenvalue weighted by Gasteiger charge is -2.24. The van der Waals surface area contributed by atoms with Crippen LogP contribution in [0.2, 0.25) is 0 Å². The first kappa shape index (κ1) is 17.5. The number of carbonyl (C=O) groups is 1. The average molecular weight is 328 g/mol. The number of rotatable bonds is 6. The molecule has 1 aliphatic rings. The molecule has 0 radical (unpaired) electrons. The van der Waals surface area contributed by atoms with Gasteiger partial charge in [0.05, 0.1) is 6.61 Å². The topological polar surface area (TPSA) is 50.8 Å². The van der Waals surface area contributed by atoms with Gasteiger partial charge in [-0.15, -0.1) is 0 Å². The molecular weight excluding hydrogens is 306 g/mol. The molecule has 0 aromatic heterocycles. The molecule has 0 spiro atoms. The molecule has 1 atom stereocenters. The number of alkyl halides is 2. The molecule has 0 saturated carbocycles. The number of anilines is 1. The largest absolute Gasteiger partial charge is 0.434 e. The molecule has 23 heavy (non-hydrogen) atoms.